The lowest BCUT2D eigenvalue weighted by Crippen LogP contribution is -2.65. The Kier molecular flexibility index (Phi) is 12.5. The molecule has 1 aliphatic rings. The minimum absolute atomic E-state index is 0.0207. The van der Waals surface area contributed by atoms with Crippen molar-refractivity contribution in [2.45, 2.75) is 91.0 Å². The molecule has 278 valence electrons. The van der Waals surface area contributed by atoms with Gasteiger partial charge >= 0.3 is 18.0 Å². The number of aromatic nitrogens is 3. The Morgan fingerprint density at radius 2 is 1.71 bits per heavy atom. The molecule has 5 rings (SSSR count). The van der Waals surface area contributed by atoms with Crippen molar-refractivity contribution in [1.29, 1.82) is 0 Å². The topological polar surface area (TPSA) is 178 Å². The standard InChI is InChI=1S/C37H44Cl2N6O7/c1-6-20(4)28(42-36(49)51-19-22-12-10-9-11-13-22)31(46)43-37(15-14-27-25(18-37)24-16-23(38)17-26(39)30(24)40-27)35(48)41-29(21(5)7-2)32-44-45-33(52-32)34(47)50-8-3/h9-13,16-17,20-21,28-29,40H,6-8,14-15,18-19H2,1-5H3,(H,41,48)(H,42,49)(H,43,46)/t20?,21?,28?,29?,37-/m0/s1. The zero-order valence-corrected chi connectivity index (χ0v) is 31.3. The Morgan fingerprint density at radius 1 is 0.981 bits per heavy atom. The van der Waals surface area contributed by atoms with E-state index < -0.39 is 41.5 Å². The van der Waals surface area contributed by atoms with E-state index in [4.69, 9.17) is 37.1 Å². The summed E-state index contributed by atoms with van der Waals surface area (Å²) < 4.78 is 16.2. The molecule has 1 aliphatic carbocycles. The Bertz CT molecular complexity index is 1910. The third-order valence-corrected chi connectivity index (χ3v) is 10.3. The summed E-state index contributed by atoms with van der Waals surface area (Å²) in [5.41, 5.74) is 1.60. The highest BCUT2D eigenvalue weighted by molar-refractivity contribution is 6.38. The van der Waals surface area contributed by atoms with Crippen molar-refractivity contribution in [1.82, 2.24) is 31.1 Å². The molecular weight excluding hydrogens is 711 g/mol. The fourth-order valence-corrected chi connectivity index (χ4v) is 6.87. The van der Waals surface area contributed by atoms with Gasteiger partial charge in [-0.15, -0.1) is 10.2 Å². The molecule has 2 aromatic heterocycles. The van der Waals surface area contributed by atoms with E-state index in [0.29, 0.717) is 34.8 Å². The molecule has 3 amide bonds. The van der Waals surface area contributed by atoms with Gasteiger partial charge in [-0.1, -0.05) is 94.1 Å². The highest BCUT2D eigenvalue weighted by Crippen LogP contribution is 2.39. The van der Waals surface area contributed by atoms with Gasteiger partial charge in [0.25, 0.3) is 0 Å². The molecule has 2 aromatic carbocycles. The third-order valence-electron chi connectivity index (χ3n) is 9.74. The van der Waals surface area contributed by atoms with Crippen LogP contribution in [-0.2, 0) is 38.5 Å². The number of nitrogens with zero attached hydrogens (tertiary/aromatic N) is 2. The number of carbonyl (C=O) groups excluding carboxylic acids is 4. The Balaban J connectivity index is 1.48. The van der Waals surface area contributed by atoms with Crippen LogP contribution in [0.15, 0.2) is 46.9 Å². The smallest absolute Gasteiger partial charge is 0.408 e. The number of benzene rings is 2. The zero-order chi connectivity index (χ0) is 37.6. The number of ether oxygens (including phenoxy) is 2. The maximum absolute atomic E-state index is 14.8. The first-order valence-corrected chi connectivity index (χ1v) is 18.2. The summed E-state index contributed by atoms with van der Waals surface area (Å²) in [6.45, 7) is 9.38. The number of aromatic amines is 1. The molecule has 0 saturated carbocycles. The highest BCUT2D eigenvalue weighted by Gasteiger charge is 2.47. The first-order valence-electron chi connectivity index (χ1n) is 17.5. The predicted octanol–water partition coefficient (Wildman–Crippen LogP) is 6.62. The molecule has 15 heteroatoms. The largest absolute Gasteiger partial charge is 0.459 e. The minimum atomic E-state index is -1.51. The Hall–Kier alpha value is -4.62. The summed E-state index contributed by atoms with van der Waals surface area (Å²) in [6.07, 6.45) is 1.06. The number of alkyl carbamates (subject to hydrolysis) is 1. The second-order valence-electron chi connectivity index (χ2n) is 13.2. The van der Waals surface area contributed by atoms with Gasteiger partial charge in [-0.25, -0.2) is 9.59 Å². The molecule has 52 heavy (non-hydrogen) atoms. The van der Waals surface area contributed by atoms with Gasteiger partial charge in [-0.2, -0.15) is 0 Å². The van der Waals surface area contributed by atoms with Crippen molar-refractivity contribution in [2.75, 3.05) is 6.61 Å². The first-order chi connectivity index (χ1) is 24.9. The summed E-state index contributed by atoms with van der Waals surface area (Å²) in [5.74, 6) is -2.68. The van der Waals surface area contributed by atoms with E-state index in [2.05, 4.69) is 31.1 Å². The number of fused-ring (bicyclic) bond motifs is 3. The van der Waals surface area contributed by atoms with Crippen LogP contribution in [0.2, 0.25) is 10.0 Å². The lowest BCUT2D eigenvalue weighted by molar-refractivity contribution is -0.136. The quantitative estimate of drug-likeness (QED) is 0.103. The van der Waals surface area contributed by atoms with Crippen LogP contribution in [0.25, 0.3) is 10.9 Å². The lowest BCUT2D eigenvalue weighted by Gasteiger charge is -2.39. The van der Waals surface area contributed by atoms with Gasteiger partial charge in [0.15, 0.2) is 0 Å². The molecule has 5 atom stereocenters. The fourth-order valence-electron chi connectivity index (χ4n) is 6.33. The number of nitrogens with one attached hydrogen (secondary N) is 4. The number of rotatable bonds is 14. The number of esters is 1. The second-order valence-corrected chi connectivity index (χ2v) is 14.1. The molecule has 0 radical (unpaired) electrons. The number of carbonyl (C=O) groups is 4. The van der Waals surface area contributed by atoms with Gasteiger partial charge < -0.3 is 34.8 Å². The van der Waals surface area contributed by atoms with Gasteiger partial charge in [0, 0.05) is 22.5 Å². The van der Waals surface area contributed by atoms with E-state index >= 15 is 0 Å². The molecule has 13 nitrogen and oxygen atoms in total. The van der Waals surface area contributed by atoms with Gasteiger partial charge in [0.1, 0.15) is 24.2 Å². The van der Waals surface area contributed by atoms with Gasteiger partial charge in [0.2, 0.25) is 17.7 Å². The molecule has 0 bridgehead atoms. The number of halogens is 2. The van der Waals surface area contributed by atoms with Crippen LogP contribution >= 0.6 is 23.2 Å². The molecule has 0 spiro atoms. The van der Waals surface area contributed by atoms with Crippen molar-refractivity contribution in [3.05, 3.63) is 81.1 Å². The van der Waals surface area contributed by atoms with Crippen molar-refractivity contribution in [2.24, 2.45) is 11.8 Å². The minimum Gasteiger partial charge on any atom is -0.459 e. The van der Waals surface area contributed by atoms with Gasteiger partial charge in [-0.05, 0) is 54.9 Å². The predicted molar refractivity (Wildman–Crippen MR) is 195 cm³/mol. The lowest BCUT2D eigenvalue weighted by atomic mass is 9.78. The molecule has 2 heterocycles. The first kappa shape index (κ1) is 38.6. The average Bonchev–Trinajstić information content (AvgIpc) is 3.77. The molecule has 0 fully saturated rings. The van der Waals surface area contributed by atoms with Crippen LogP contribution in [0.3, 0.4) is 0 Å². The van der Waals surface area contributed by atoms with E-state index in [0.717, 1.165) is 22.2 Å². The Morgan fingerprint density at radius 3 is 2.40 bits per heavy atom. The van der Waals surface area contributed by atoms with Gasteiger partial charge in [-0.3, -0.25) is 9.59 Å². The van der Waals surface area contributed by atoms with Crippen LogP contribution in [0.1, 0.15) is 93.3 Å². The van der Waals surface area contributed by atoms with E-state index in [-0.39, 0.29) is 49.7 Å². The average molecular weight is 756 g/mol. The second kappa shape index (κ2) is 16.8. The van der Waals surface area contributed by atoms with Gasteiger partial charge in [0.05, 0.1) is 17.1 Å². The number of aryl methyl sites for hydroxylation is 1. The number of amides is 3. The Labute approximate surface area is 311 Å². The van der Waals surface area contributed by atoms with E-state index in [1.807, 2.05) is 58.0 Å². The van der Waals surface area contributed by atoms with Crippen LogP contribution in [0.4, 0.5) is 4.79 Å². The number of hydrogen-bond donors (Lipinski definition) is 4. The third kappa shape index (κ3) is 8.53. The van der Waals surface area contributed by atoms with Crippen LogP contribution < -0.4 is 16.0 Å². The summed E-state index contributed by atoms with van der Waals surface area (Å²) >= 11 is 13.0. The molecule has 0 saturated heterocycles. The summed E-state index contributed by atoms with van der Waals surface area (Å²) in [4.78, 5) is 57.8. The molecular formula is C37H44Cl2N6O7. The normalized spacial score (nSPS) is 17.7. The highest BCUT2D eigenvalue weighted by atomic mass is 35.5. The van der Waals surface area contributed by atoms with Crippen LogP contribution in [-0.4, -0.2) is 57.2 Å². The molecule has 4 unspecified atom stereocenters. The van der Waals surface area contributed by atoms with Crippen molar-refractivity contribution in [3.8, 4) is 0 Å². The summed E-state index contributed by atoms with van der Waals surface area (Å²) in [5, 5.41) is 18.4. The summed E-state index contributed by atoms with van der Waals surface area (Å²) in [7, 11) is 0. The number of hydrogen-bond acceptors (Lipinski definition) is 9. The van der Waals surface area contributed by atoms with Crippen molar-refractivity contribution >= 4 is 58.0 Å². The number of H-pyrrole nitrogens is 1. The SMILES string of the molecule is CCOC(=O)c1nnc(C(NC(=O)[C@]2(NC(=O)C(NC(=O)OCc3ccccc3)C(C)CC)CCc3[nH]c4c(Cl)cc(Cl)cc4c3C2)C(C)CC)o1. The maximum Gasteiger partial charge on any atom is 0.408 e. The zero-order valence-electron chi connectivity index (χ0n) is 29.8. The fraction of sp³-hybridized carbons (Fsp3) is 0.459. The van der Waals surface area contributed by atoms with E-state index in [9.17, 15) is 19.2 Å². The van der Waals surface area contributed by atoms with E-state index in [1.165, 1.54) is 0 Å². The van der Waals surface area contributed by atoms with Crippen LogP contribution in [0, 0.1) is 11.8 Å². The summed E-state index contributed by atoms with van der Waals surface area (Å²) in [6, 6.07) is 10.8. The van der Waals surface area contributed by atoms with Crippen LogP contribution in [0.5, 0.6) is 0 Å². The molecule has 4 aromatic rings. The maximum atomic E-state index is 14.8. The molecule has 0 aliphatic heterocycles. The molecule has 4 N–H and O–H groups in total. The van der Waals surface area contributed by atoms with Crippen molar-refractivity contribution in [3.63, 3.8) is 0 Å². The monoisotopic (exact) mass is 754 g/mol. The van der Waals surface area contributed by atoms with E-state index in [1.54, 1.807) is 19.1 Å². The van der Waals surface area contributed by atoms with Crippen molar-refractivity contribution < 1.29 is 33.1 Å².